The molecule has 0 aliphatic heterocycles. The van der Waals surface area contributed by atoms with Crippen molar-refractivity contribution in [1.82, 2.24) is 0 Å². The Morgan fingerprint density at radius 1 is 1.33 bits per heavy atom. The van der Waals surface area contributed by atoms with Crippen LogP contribution in [0.5, 0.6) is 0 Å². The van der Waals surface area contributed by atoms with Gasteiger partial charge in [0.05, 0.1) is 0 Å². The number of rotatable bonds is 5. The fourth-order valence-electron chi connectivity index (χ4n) is 0.594. The highest BCUT2D eigenvalue weighted by Gasteiger charge is 1.90. The van der Waals surface area contributed by atoms with Gasteiger partial charge >= 0.3 is 0 Å². The van der Waals surface area contributed by atoms with Gasteiger partial charge in [0.15, 0.2) is 0 Å². The number of hydrogen-bond donors (Lipinski definition) is 1. The summed E-state index contributed by atoms with van der Waals surface area (Å²) in [6.45, 7) is 0.260. The second-order valence-electron chi connectivity index (χ2n) is 2.06. The van der Waals surface area contributed by atoms with E-state index in [9.17, 15) is 4.21 Å². The van der Waals surface area contributed by atoms with Crippen molar-refractivity contribution in [2.45, 2.75) is 19.3 Å². The summed E-state index contributed by atoms with van der Waals surface area (Å²) in [7, 11) is -0.651. The Kier molecular flexibility index (Phi) is 6.31. The lowest BCUT2D eigenvalue weighted by Gasteiger charge is -1.94. The first kappa shape index (κ1) is 9.11. The summed E-state index contributed by atoms with van der Waals surface area (Å²) in [6.07, 6.45) is 4.52. The monoisotopic (exact) mass is 150 g/mol. The van der Waals surface area contributed by atoms with Gasteiger partial charge in [-0.05, 0) is 12.8 Å². The average molecular weight is 150 g/mol. The van der Waals surface area contributed by atoms with Gasteiger partial charge in [-0.3, -0.25) is 4.21 Å². The zero-order chi connectivity index (χ0) is 7.11. The van der Waals surface area contributed by atoms with Crippen LogP contribution in [0.4, 0.5) is 0 Å². The van der Waals surface area contributed by atoms with Crippen LogP contribution in [0.25, 0.3) is 0 Å². The summed E-state index contributed by atoms with van der Waals surface area (Å²) in [5.41, 5.74) is 0. The Morgan fingerprint density at radius 3 is 2.44 bits per heavy atom. The van der Waals surface area contributed by atoms with Gasteiger partial charge in [0.2, 0.25) is 0 Å². The molecule has 1 N–H and O–H groups in total. The smallest absolute Gasteiger partial charge is 0.0431 e. The summed E-state index contributed by atoms with van der Waals surface area (Å²) in [4.78, 5) is 0. The van der Waals surface area contributed by atoms with Gasteiger partial charge in [-0.25, -0.2) is 0 Å². The largest absolute Gasteiger partial charge is 0.396 e. The average Bonchev–Trinajstić information content (AvgIpc) is 1.80. The molecule has 0 fully saturated rings. The van der Waals surface area contributed by atoms with Crippen LogP contribution in [0.15, 0.2) is 0 Å². The van der Waals surface area contributed by atoms with E-state index in [-0.39, 0.29) is 6.61 Å². The second kappa shape index (κ2) is 6.23. The van der Waals surface area contributed by atoms with Gasteiger partial charge in [-0.15, -0.1) is 0 Å². The van der Waals surface area contributed by atoms with Crippen LogP contribution in [0.3, 0.4) is 0 Å². The van der Waals surface area contributed by atoms with Gasteiger partial charge in [-0.1, -0.05) is 6.42 Å². The molecule has 56 valence electrons. The Labute approximate surface area is 58.7 Å². The third kappa shape index (κ3) is 8.11. The van der Waals surface area contributed by atoms with Crippen LogP contribution < -0.4 is 0 Å². The van der Waals surface area contributed by atoms with Gasteiger partial charge < -0.3 is 5.11 Å². The minimum Gasteiger partial charge on any atom is -0.396 e. The lowest BCUT2D eigenvalue weighted by Crippen LogP contribution is -1.94. The summed E-state index contributed by atoms with van der Waals surface area (Å²) in [5, 5.41) is 8.36. The molecule has 0 aliphatic carbocycles. The Bertz CT molecular complexity index is 83.1. The molecule has 0 amide bonds. The van der Waals surface area contributed by atoms with Crippen molar-refractivity contribution in [3.63, 3.8) is 0 Å². The van der Waals surface area contributed by atoms with Crippen molar-refractivity contribution in [2.75, 3.05) is 18.6 Å². The lowest BCUT2D eigenvalue weighted by molar-refractivity contribution is 0.284. The highest BCUT2D eigenvalue weighted by Crippen LogP contribution is 1.94. The molecular formula is C6H14O2S. The normalized spacial score (nSPS) is 13.6. The molecular weight excluding hydrogens is 136 g/mol. The van der Waals surface area contributed by atoms with Crippen molar-refractivity contribution in [1.29, 1.82) is 0 Å². The molecule has 0 aromatic rings. The molecule has 0 aromatic carbocycles. The SMILES string of the molecule is CS(=O)CCCCCO. The first-order valence-corrected chi connectivity index (χ1v) is 4.91. The maximum Gasteiger partial charge on any atom is 0.0431 e. The molecule has 0 heterocycles. The van der Waals surface area contributed by atoms with E-state index in [1.54, 1.807) is 6.26 Å². The van der Waals surface area contributed by atoms with E-state index in [1.165, 1.54) is 0 Å². The summed E-state index contributed by atoms with van der Waals surface area (Å²) in [6, 6.07) is 0. The molecule has 0 saturated heterocycles. The molecule has 0 saturated carbocycles. The zero-order valence-electron chi connectivity index (χ0n) is 5.80. The molecule has 1 atom stereocenters. The standard InChI is InChI=1S/C6H14O2S/c1-9(8)6-4-2-3-5-7/h7H,2-6H2,1H3. The minimum absolute atomic E-state index is 0.260. The summed E-state index contributed by atoms with van der Waals surface area (Å²) >= 11 is 0. The summed E-state index contributed by atoms with van der Waals surface area (Å²) < 4.78 is 10.5. The quantitative estimate of drug-likeness (QED) is 0.580. The molecule has 0 aliphatic rings. The molecule has 0 aromatic heterocycles. The fraction of sp³-hybridized carbons (Fsp3) is 1.00. The second-order valence-corrected chi connectivity index (χ2v) is 3.62. The Hall–Kier alpha value is 0.110. The van der Waals surface area contributed by atoms with Gasteiger partial charge in [0, 0.05) is 29.4 Å². The predicted octanol–water partition coefficient (Wildman–Crippen LogP) is 0.528. The van der Waals surface area contributed by atoms with Crippen LogP contribution in [-0.4, -0.2) is 27.9 Å². The van der Waals surface area contributed by atoms with E-state index in [0.29, 0.717) is 0 Å². The van der Waals surface area contributed by atoms with E-state index in [2.05, 4.69) is 0 Å². The number of hydrogen-bond acceptors (Lipinski definition) is 2. The Morgan fingerprint density at radius 2 is 2.00 bits per heavy atom. The van der Waals surface area contributed by atoms with Gasteiger partial charge in [0.1, 0.15) is 0 Å². The van der Waals surface area contributed by atoms with E-state index in [4.69, 9.17) is 5.11 Å². The number of unbranched alkanes of at least 4 members (excludes halogenated alkanes) is 2. The maximum atomic E-state index is 10.5. The van der Waals surface area contributed by atoms with E-state index < -0.39 is 10.8 Å². The van der Waals surface area contributed by atoms with Gasteiger partial charge in [0.25, 0.3) is 0 Å². The lowest BCUT2D eigenvalue weighted by atomic mass is 10.3. The molecule has 2 nitrogen and oxygen atoms in total. The first-order valence-electron chi connectivity index (χ1n) is 3.18. The molecule has 0 radical (unpaired) electrons. The van der Waals surface area contributed by atoms with Crippen LogP contribution in [0, 0.1) is 0 Å². The molecule has 9 heavy (non-hydrogen) atoms. The van der Waals surface area contributed by atoms with Crippen LogP contribution in [0.2, 0.25) is 0 Å². The van der Waals surface area contributed by atoms with Crippen LogP contribution in [-0.2, 0) is 10.8 Å². The predicted molar refractivity (Wildman–Crippen MR) is 39.9 cm³/mol. The molecule has 3 heteroatoms. The van der Waals surface area contributed by atoms with E-state index in [1.807, 2.05) is 0 Å². The maximum absolute atomic E-state index is 10.5. The topological polar surface area (TPSA) is 37.3 Å². The van der Waals surface area contributed by atoms with Crippen molar-refractivity contribution >= 4 is 10.8 Å². The fourth-order valence-corrected chi connectivity index (χ4v) is 1.20. The van der Waals surface area contributed by atoms with Crippen molar-refractivity contribution < 1.29 is 9.32 Å². The third-order valence-electron chi connectivity index (χ3n) is 1.09. The molecule has 0 spiro atoms. The Balaban J connectivity index is 2.83. The minimum atomic E-state index is -0.651. The van der Waals surface area contributed by atoms with Crippen LogP contribution >= 0.6 is 0 Å². The van der Waals surface area contributed by atoms with E-state index in [0.717, 1.165) is 25.0 Å². The summed E-state index contributed by atoms with van der Waals surface area (Å²) in [5.74, 6) is 0.778. The molecule has 1 unspecified atom stereocenters. The molecule has 0 rings (SSSR count). The first-order chi connectivity index (χ1) is 4.27. The highest BCUT2D eigenvalue weighted by molar-refractivity contribution is 7.84. The van der Waals surface area contributed by atoms with E-state index >= 15 is 0 Å². The van der Waals surface area contributed by atoms with Gasteiger partial charge in [-0.2, -0.15) is 0 Å². The van der Waals surface area contributed by atoms with Crippen molar-refractivity contribution in [3.8, 4) is 0 Å². The highest BCUT2D eigenvalue weighted by atomic mass is 32.2. The molecule has 0 bridgehead atoms. The van der Waals surface area contributed by atoms with Crippen LogP contribution in [0.1, 0.15) is 19.3 Å². The van der Waals surface area contributed by atoms with Crippen molar-refractivity contribution in [3.05, 3.63) is 0 Å². The third-order valence-corrected chi connectivity index (χ3v) is 1.95. The zero-order valence-corrected chi connectivity index (χ0v) is 6.62. The number of aliphatic hydroxyl groups excluding tert-OH is 1. The van der Waals surface area contributed by atoms with Crippen molar-refractivity contribution in [2.24, 2.45) is 0 Å². The number of aliphatic hydroxyl groups is 1.